The van der Waals surface area contributed by atoms with E-state index in [4.69, 9.17) is 0 Å². The third kappa shape index (κ3) is 4.40. The van der Waals surface area contributed by atoms with E-state index in [-0.39, 0.29) is 18.1 Å². The normalized spacial score (nSPS) is 19.6. The van der Waals surface area contributed by atoms with Crippen LogP contribution in [-0.4, -0.2) is 44.0 Å². The first-order chi connectivity index (χ1) is 14.4. The monoisotopic (exact) mass is 478 g/mol. The zero-order chi connectivity index (χ0) is 21.3. The minimum absolute atomic E-state index is 0.257. The van der Waals surface area contributed by atoms with Gasteiger partial charge in [-0.3, -0.25) is 14.9 Å². The van der Waals surface area contributed by atoms with Gasteiger partial charge in [0, 0.05) is 42.8 Å². The van der Waals surface area contributed by atoms with E-state index in [0.29, 0.717) is 54.1 Å². The standard InChI is InChI=1S/C21H21BrF2N4O2/c22-13-1-4-18(15(23)11-13)27-7-9-28(10-8-27)19-5-2-14(12-16(19)24)25-17-3-6-20(29)26-21(17)30/h1-2,4-5,11-12,17,25H,3,6-10H2,(H,26,29,30). The number of rotatable bonds is 4. The third-order valence-corrected chi connectivity index (χ3v) is 5.89. The molecule has 1 unspecified atom stereocenters. The number of nitrogens with zero attached hydrogens (tertiary/aromatic N) is 2. The van der Waals surface area contributed by atoms with E-state index < -0.39 is 17.8 Å². The van der Waals surface area contributed by atoms with Gasteiger partial charge in [-0.05, 0) is 42.8 Å². The predicted molar refractivity (Wildman–Crippen MR) is 115 cm³/mol. The first-order valence-corrected chi connectivity index (χ1v) is 10.5. The highest BCUT2D eigenvalue weighted by Gasteiger charge is 2.27. The molecule has 0 radical (unpaired) electrons. The van der Waals surface area contributed by atoms with E-state index >= 15 is 0 Å². The van der Waals surface area contributed by atoms with Crippen molar-refractivity contribution in [1.82, 2.24) is 5.32 Å². The van der Waals surface area contributed by atoms with Crippen LogP contribution in [0.3, 0.4) is 0 Å². The maximum atomic E-state index is 14.8. The van der Waals surface area contributed by atoms with Crippen molar-refractivity contribution in [2.24, 2.45) is 0 Å². The largest absolute Gasteiger partial charge is 0.374 e. The van der Waals surface area contributed by atoms with Gasteiger partial charge in [0.05, 0.1) is 11.4 Å². The van der Waals surface area contributed by atoms with Gasteiger partial charge in [-0.2, -0.15) is 0 Å². The zero-order valence-corrected chi connectivity index (χ0v) is 17.7. The van der Waals surface area contributed by atoms with Gasteiger partial charge >= 0.3 is 0 Å². The van der Waals surface area contributed by atoms with Crippen molar-refractivity contribution in [3.63, 3.8) is 0 Å². The van der Waals surface area contributed by atoms with Crippen molar-refractivity contribution >= 4 is 44.8 Å². The van der Waals surface area contributed by atoms with Crippen LogP contribution in [0.1, 0.15) is 12.8 Å². The van der Waals surface area contributed by atoms with Crippen molar-refractivity contribution in [3.8, 4) is 0 Å². The van der Waals surface area contributed by atoms with Crippen LogP contribution in [0.2, 0.25) is 0 Å². The lowest BCUT2D eigenvalue weighted by Gasteiger charge is -2.37. The molecule has 2 aliphatic heterocycles. The topological polar surface area (TPSA) is 64.7 Å². The molecule has 158 valence electrons. The number of benzene rings is 2. The summed E-state index contributed by atoms with van der Waals surface area (Å²) in [6, 6.07) is 9.19. The molecule has 0 aromatic heterocycles. The van der Waals surface area contributed by atoms with E-state index in [0.717, 1.165) is 0 Å². The van der Waals surface area contributed by atoms with Crippen molar-refractivity contribution < 1.29 is 18.4 Å². The lowest BCUT2D eigenvalue weighted by Crippen LogP contribution is -2.47. The highest BCUT2D eigenvalue weighted by molar-refractivity contribution is 9.10. The fourth-order valence-electron chi connectivity index (χ4n) is 3.81. The number of piperidine rings is 1. The predicted octanol–water partition coefficient (Wildman–Crippen LogP) is 3.27. The summed E-state index contributed by atoms with van der Waals surface area (Å²) in [6.45, 7) is 2.28. The highest BCUT2D eigenvalue weighted by atomic mass is 79.9. The second-order valence-corrected chi connectivity index (χ2v) is 8.30. The second kappa shape index (κ2) is 8.59. The van der Waals surface area contributed by atoms with Crippen LogP contribution in [0.5, 0.6) is 0 Å². The summed E-state index contributed by atoms with van der Waals surface area (Å²) in [4.78, 5) is 27.0. The van der Waals surface area contributed by atoms with Crippen LogP contribution >= 0.6 is 15.9 Å². The van der Waals surface area contributed by atoms with Gasteiger partial charge in [0.1, 0.15) is 17.7 Å². The number of piperazine rings is 1. The molecule has 30 heavy (non-hydrogen) atoms. The molecular formula is C21H21BrF2N4O2. The molecule has 0 spiro atoms. The quantitative estimate of drug-likeness (QED) is 0.660. The summed E-state index contributed by atoms with van der Waals surface area (Å²) in [5.74, 6) is -1.36. The maximum Gasteiger partial charge on any atom is 0.249 e. The van der Waals surface area contributed by atoms with Crippen molar-refractivity contribution in [3.05, 3.63) is 52.5 Å². The molecule has 2 N–H and O–H groups in total. The lowest BCUT2D eigenvalue weighted by molar-refractivity contribution is -0.133. The Kier molecular flexibility index (Phi) is 5.90. The average molecular weight is 479 g/mol. The molecule has 2 saturated heterocycles. The summed E-state index contributed by atoms with van der Waals surface area (Å²) >= 11 is 3.26. The summed E-state index contributed by atoms with van der Waals surface area (Å²) in [5, 5.41) is 5.26. The van der Waals surface area contributed by atoms with Crippen LogP contribution in [0.25, 0.3) is 0 Å². The molecule has 0 bridgehead atoms. The Hall–Kier alpha value is -2.68. The number of hydrogen-bond donors (Lipinski definition) is 2. The molecule has 9 heteroatoms. The molecule has 0 saturated carbocycles. The number of hydrogen-bond acceptors (Lipinski definition) is 5. The van der Waals surface area contributed by atoms with Crippen LogP contribution < -0.4 is 20.4 Å². The number of amides is 2. The SMILES string of the molecule is O=C1CCC(Nc2ccc(N3CCN(c4ccc(Br)cc4F)CC3)c(F)c2)C(=O)N1. The van der Waals surface area contributed by atoms with Gasteiger partial charge in [-0.1, -0.05) is 15.9 Å². The Bertz CT molecular complexity index is 979. The van der Waals surface area contributed by atoms with Crippen molar-refractivity contribution in [2.45, 2.75) is 18.9 Å². The van der Waals surface area contributed by atoms with Crippen LogP contribution in [0, 0.1) is 11.6 Å². The van der Waals surface area contributed by atoms with Crippen LogP contribution in [0.4, 0.5) is 25.8 Å². The number of carbonyl (C=O) groups is 2. The maximum absolute atomic E-state index is 14.8. The van der Waals surface area contributed by atoms with Gasteiger partial charge in [0.2, 0.25) is 11.8 Å². The lowest BCUT2D eigenvalue weighted by atomic mass is 10.1. The van der Waals surface area contributed by atoms with Crippen molar-refractivity contribution in [2.75, 3.05) is 41.3 Å². The Morgan fingerprint density at radius 1 is 0.933 bits per heavy atom. The van der Waals surface area contributed by atoms with Gasteiger partial charge in [0.25, 0.3) is 0 Å². The van der Waals surface area contributed by atoms with Crippen LogP contribution in [-0.2, 0) is 9.59 Å². The Morgan fingerprint density at radius 2 is 1.53 bits per heavy atom. The Morgan fingerprint density at radius 3 is 2.10 bits per heavy atom. The fourth-order valence-corrected chi connectivity index (χ4v) is 4.14. The van der Waals surface area contributed by atoms with E-state index in [1.807, 2.05) is 9.80 Å². The molecule has 2 amide bonds. The first kappa shape index (κ1) is 20.6. The molecule has 0 aliphatic carbocycles. The molecule has 2 aromatic rings. The molecular weight excluding hydrogens is 458 g/mol. The van der Waals surface area contributed by atoms with Gasteiger partial charge in [-0.25, -0.2) is 8.78 Å². The van der Waals surface area contributed by atoms with Crippen molar-refractivity contribution in [1.29, 1.82) is 0 Å². The Labute approximate surface area is 181 Å². The van der Waals surface area contributed by atoms with E-state index in [1.54, 1.807) is 24.3 Å². The van der Waals surface area contributed by atoms with E-state index in [2.05, 4.69) is 26.6 Å². The molecule has 4 rings (SSSR count). The molecule has 2 aliphatic rings. The number of imide groups is 1. The van der Waals surface area contributed by atoms with Crippen LogP contribution in [0.15, 0.2) is 40.9 Å². The van der Waals surface area contributed by atoms with E-state index in [9.17, 15) is 18.4 Å². The molecule has 6 nitrogen and oxygen atoms in total. The minimum atomic E-state index is -0.558. The molecule has 2 heterocycles. The average Bonchev–Trinajstić information content (AvgIpc) is 2.71. The zero-order valence-electron chi connectivity index (χ0n) is 16.1. The number of halogens is 3. The number of nitrogens with one attached hydrogen (secondary N) is 2. The van der Waals surface area contributed by atoms with Gasteiger partial charge in [-0.15, -0.1) is 0 Å². The minimum Gasteiger partial charge on any atom is -0.374 e. The number of anilines is 3. The first-order valence-electron chi connectivity index (χ1n) is 9.75. The Balaban J connectivity index is 1.39. The molecule has 2 aromatic carbocycles. The molecule has 1 atom stereocenters. The summed E-state index contributed by atoms with van der Waals surface area (Å²) < 4.78 is 29.7. The second-order valence-electron chi connectivity index (χ2n) is 7.38. The smallest absolute Gasteiger partial charge is 0.249 e. The summed E-state index contributed by atoms with van der Waals surface area (Å²) in [7, 11) is 0. The molecule has 2 fully saturated rings. The van der Waals surface area contributed by atoms with Gasteiger partial charge in [0.15, 0.2) is 0 Å². The number of carbonyl (C=O) groups excluding carboxylic acids is 2. The van der Waals surface area contributed by atoms with E-state index in [1.165, 1.54) is 12.1 Å². The summed E-state index contributed by atoms with van der Waals surface area (Å²) in [5.41, 5.74) is 1.50. The fraction of sp³-hybridized carbons (Fsp3) is 0.333. The highest BCUT2D eigenvalue weighted by Crippen LogP contribution is 2.28. The third-order valence-electron chi connectivity index (χ3n) is 5.40. The van der Waals surface area contributed by atoms with Gasteiger partial charge < -0.3 is 15.1 Å². The summed E-state index contributed by atoms with van der Waals surface area (Å²) in [6.07, 6.45) is 0.635.